The van der Waals surface area contributed by atoms with Crippen molar-refractivity contribution in [1.82, 2.24) is 10.6 Å². The summed E-state index contributed by atoms with van der Waals surface area (Å²) < 4.78 is 5.87. The molecule has 2 N–H and O–H groups in total. The molecule has 0 spiro atoms. The molecule has 0 radical (unpaired) electrons. The summed E-state index contributed by atoms with van der Waals surface area (Å²) >= 11 is 3.45. The van der Waals surface area contributed by atoms with Gasteiger partial charge in [-0.3, -0.25) is 14.5 Å². The number of amides is 2. The third-order valence-corrected chi connectivity index (χ3v) is 7.23. The topological polar surface area (TPSA) is 70.7 Å². The Bertz CT molecular complexity index is 677. The summed E-state index contributed by atoms with van der Waals surface area (Å²) in [6.45, 7) is 13.3. The molecule has 1 aromatic rings. The van der Waals surface area contributed by atoms with Crippen LogP contribution in [0.1, 0.15) is 26.3 Å². The molecule has 0 aliphatic rings. The third-order valence-electron chi connectivity index (χ3n) is 4.87. The quantitative estimate of drug-likeness (QED) is 0.197. The molecule has 0 heterocycles. The van der Waals surface area contributed by atoms with Crippen molar-refractivity contribution < 1.29 is 14.3 Å². The van der Waals surface area contributed by atoms with Crippen molar-refractivity contribution in [3.05, 3.63) is 29.8 Å². The highest BCUT2D eigenvalue weighted by Crippen LogP contribution is 2.19. The lowest BCUT2D eigenvalue weighted by Gasteiger charge is -2.28. The monoisotopic (exact) mass is 499 g/mol. The molecule has 30 heavy (non-hydrogen) atoms. The minimum Gasteiger partial charge on any atom is -0.361 e. The molecule has 0 aliphatic heterocycles. The summed E-state index contributed by atoms with van der Waals surface area (Å²) in [5.74, 6) is -0.251. The zero-order valence-corrected chi connectivity index (χ0v) is 22.0. The number of nitrogens with one attached hydrogen (secondary N) is 2. The molecule has 170 valence electrons. The number of likely N-dealkylation sites (N-methyl/N-ethyl adjacent to an activating group) is 1. The molecular weight excluding hydrogens is 462 g/mol. The Morgan fingerprint density at radius 3 is 2.20 bits per heavy atom. The second kappa shape index (κ2) is 12.6. The number of carbonyl (C=O) groups is 2. The van der Waals surface area contributed by atoms with Crippen molar-refractivity contribution in [3.8, 4) is 0 Å². The predicted molar refractivity (Wildman–Crippen MR) is 131 cm³/mol. The van der Waals surface area contributed by atoms with Gasteiger partial charge in [0.15, 0.2) is 0 Å². The molecule has 8 heteroatoms. The molecule has 1 rings (SSSR count). The summed E-state index contributed by atoms with van der Waals surface area (Å²) in [6.07, 6.45) is 0. The number of hydrogen-bond donors (Lipinski definition) is 2. The lowest BCUT2D eigenvalue weighted by atomic mass is 10.0. The van der Waals surface area contributed by atoms with Gasteiger partial charge in [-0.25, -0.2) is 0 Å². The van der Waals surface area contributed by atoms with Gasteiger partial charge >= 0.3 is 0 Å². The van der Waals surface area contributed by atoms with E-state index in [0.29, 0.717) is 6.61 Å². The summed E-state index contributed by atoms with van der Waals surface area (Å²) in [5.41, 5.74) is 1.88. The van der Waals surface area contributed by atoms with Crippen molar-refractivity contribution in [1.29, 1.82) is 0 Å². The SMILES string of the molecule is CN[C@H](C(=O)N[C@@H](C)C(=O)N(COCC[Si](C)(C)C)c1ccc(CBr)cc1)C(C)C. The Balaban J connectivity index is 2.92. The third kappa shape index (κ3) is 8.87. The van der Waals surface area contributed by atoms with Crippen LogP contribution in [0.25, 0.3) is 0 Å². The van der Waals surface area contributed by atoms with Crippen LogP contribution < -0.4 is 15.5 Å². The van der Waals surface area contributed by atoms with Gasteiger partial charge in [-0.05, 0) is 43.6 Å². The summed E-state index contributed by atoms with van der Waals surface area (Å²) in [7, 11) is 0.534. The lowest BCUT2D eigenvalue weighted by Crippen LogP contribution is -2.53. The Morgan fingerprint density at radius 1 is 1.13 bits per heavy atom. The van der Waals surface area contributed by atoms with Crippen molar-refractivity contribution >= 4 is 41.5 Å². The normalized spacial score (nSPS) is 13.8. The van der Waals surface area contributed by atoms with Crippen LogP contribution in [0.2, 0.25) is 25.7 Å². The van der Waals surface area contributed by atoms with E-state index in [1.165, 1.54) is 0 Å². The van der Waals surface area contributed by atoms with Gasteiger partial charge in [0.25, 0.3) is 5.91 Å². The maximum atomic E-state index is 13.2. The smallest absolute Gasteiger partial charge is 0.251 e. The summed E-state index contributed by atoms with van der Waals surface area (Å²) in [5, 5.41) is 6.61. The van der Waals surface area contributed by atoms with Crippen molar-refractivity contribution in [3.63, 3.8) is 0 Å². The van der Waals surface area contributed by atoms with E-state index in [0.717, 1.165) is 22.6 Å². The van der Waals surface area contributed by atoms with Gasteiger partial charge in [0.2, 0.25) is 5.91 Å². The zero-order valence-electron chi connectivity index (χ0n) is 19.4. The molecule has 2 amide bonds. The van der Waals surface area contributed by atoms with E-state index in [-0.39, 0.29) is 30.5 Å². The molecule has 0 saturated heterocycles. The van der Waals surface area contributed by atoms with E-state index in [1.54, 1.807) is 18.9 Å². The zero-order chi connectivity index (χ0) is 22.9. The largest absolute Gasteiger partial charge is 0.361 e. The fraction of sp³-hybridized carbons (Fsp3) is 0.636. The average Bonchev–Trinajstić information content (AvgIpc) is 2.67. The van der Waals surface area contributed by atoms with Gasteiger partial charge < -0.3 is 15.4 Å². The first-order chi connectivity index (χ1) is 14.0. The van der Waals surface area contributed by atoms with Crippen molar-refractivity contribution in [2.45, 2.75) is 63.9 Å². The first-order valence-electron chi connectivity index (χ1n) is 10.5. The van der Waals surface area contributed by atoms with Crippen LogP contribution in [-0.4, -0.2) is 52.4 Å². The Labute approximate surface area is 191 Å². The van der Waals surface area contributed by atoms with Crippen LogP contribution in [0.15, 0.2) is 24.3 Å². The van der Waals surface area contributed by atoms with Crippen LogP contribution in [-0.2, 0) is 19.7 Å². The Morgan fingerprint density at radius 2 is 1.73 bits per heavy atom. The van der Waals surface area contributed by atoms with E-state index in [2.05, 4.69) is 46.2 Å². The first kappa shape index (κ1) is 26.8. The molecule has 1 aromatic carbocycles. The number of nitrogens with zero attached hydrogens (tertiary/aromatic N) is 1. The highest BCUT2D eigenvalue weighted by atomic mass is 79.9. The number of rotatable bonds is 12. The van der Waals surface area contributed by atoms with Crippen LogP contribution in [0.5, 0.6) is 0 Å². The molecule has 0 aliphatic carbocycles. The number of alkyl halides is 1. The van der Waals surface area contributed by atoms with Crippen LogP contribution in [0.3, 0.4) is 0 Å². The molecule has 0 bridgehead atoms. The summed E-state index contributed by atoms with van der Waals surface area (Å²) in [4.78, 5) is 27.4. The highest BCUT2D eigenvalue weighted by Gasteiger charge is 2.27. The molecular formula is C22H38BrN3O3Si. The maximum Gasteiger partial charge on any atom is 0.251 e. The molecule has 0 unspecified atom stereocenters. The Hall–Kier alpha value is -1.22. The minimum absolute atomic E-state index is 0.120. The number of hydrogen-bond acceptors (Lipinski definition) is 4. The van der Waals surface area contributed by atoms with Gasteiger partial charge in [0, 0.05) is 25.7 Å². The first-order valence-corrected chi connectivity index (χ1v) is 15.3. The van der Waals surface area contributed by atoms with E-state index in [4.69, 9.17) is 4.74 Å². The lowest BCUT2D eigenvalue weighted by molar-refractivity contribution is -0.129. The van der Waals surface area contributed by atoms with Gasteiger partial charge in [0.05, 0.1) is 6.04 Å². The van der Waals surface area contributed by atoms with Crippen LogP contribution in [0.4, 0.5) is 5.69 Å². The molecule has 0 fully saturated rings. The van der Waals surface area contributed by atoms with E-state index in [1.807, 2.05) is 38.1 Å². The molecule has 2 atom stereocenters. The minimum atomic E-state index is -1.22. The van der Waals surface area contributed by atoms with Crippen LogP contribution in [0, 0.1) is 5.92 Å². The van der Waals surface area contributed by atoms with Crippen LogP contribution >= 0.6 is 15.9 Å². The number of ether oxygens (including phenoxy) is 1. The second-order valence-corrected chi connectivity index (χ2v) is 15.3. The van der Waals surface area contributed by atoms with E-state index < -0.39 is 14.1 Å². The standard InChI is InChI=1S/C22H38BrN3O3Si/c1-16(2)20(24-4)21(27)25-17(3)22(28)26(15-29-12-13-30(5,6)7)19-10-8-18(14-23)9-11-19/h8-11,16-17,20,24H,12-15H2,1-7H3,(H,25,27)/t17-,20-/m0/s1. The molecule has 0 aromatic heterocycles. The van der Waals surface area contributed by atoms with Gasteiger partial charge in [-0.15, -0.1) is 0 Å². The number of anilines is 1. The average molecular weight is 501 g/mol. The molecule has 6 nitrogen and oxygen atoms in total. The van der Waals surface area contributed by atoms with Crippen molar-refractivity contribution in [2.24, 2.45) is 5.92 Å². The fourth-order valence-corrected chi connectivity index (χ4v) is 4.06. The van der Waals surface area contributed by atoms with Gasteiger partial charge in [-0.1, -0.05) is 61.6 Å². The number of carbonyl (C=O) groups excluding carboxylic acids is 2. The van der Waals surface area contributed by atoms with E-state index in [9.17, 15) is 9.59 Å². The summed E-state index contributed by atoms with van der Waals surface area (Å²) in [6, 6.07) is 7.80. The predicted octanol–water partition coefficient (Wildman–Crippen LogP) is 3.98. The Kier molecular flexibility index (Phi) is 11.2. The highest BCUT2D eigenvalue weighted by molar-refractivity contribution is 9.08. The fourth-order valence-electron chi connectivity index (χ4n) is 2.93. The molecule has 0 saturated carbocycles. The van der Waals surface area contributed by atoms with E-state index >= 15 is 0 Å². The maximum absolute atomic E-state index is 13.2. The van der Waals surface area contributed by atoms with Gasteiger partial charge in [-0.2, -0.15) is 0 Å². The number of halogens is 1. The second-order valence-electron chi connectivity index (χ2n) is 9.15. The van der Waals surface area contributed by atoms with Crippen molar-refractivity contribution in [2.75, 3.05) is 25.3 Å². The number of benzene rings is 1. The van der Waals surface area contributed by atoms with Gasteiger partial charge in [0.1, 0.15) is 12.8 Å².